The van der Waals surface area contributed by atoms with Gasteiger partial charge in [-0.15, -0.1) is 0 Å². The molecule has 24 heavy (non-hydrogen) atoms. The van der Waals surface area contributed by atoms with Gasteiger partial charge in [-0.3, -0.25) is 14.5 Å². The van der Waals surface area contributed by atoms with E-state index in [0.717, 1.165) is 24.2 Å². The highest BCUT2D eigenvalue weighted by Crippen LogP contribution is 2.23. The normalized spacial score (nSPS) is 14.9. The second-order valence-electron chi connectivity index (χ2n) is 7.31. The predicted octanol–water partition coefficient (Wildman–Crippen LogP) is 2.23. The lowest BCUT2D eigenvalue weighted by Crippen LogP contribution is -2.49. The van der Waals surface area contributed by atoms with Crippen molar-refractivity contribution < 1.29 is 4.79 Å². The van der Waals surface area contributed by atoms with E-state index in [1.54, 1.807) is 16.7 Å². The molecule has 0 atom stereocenters. The predicted molar refractivity (Wildman–Crippen MR) is 99.7 cm³/mol. The number of hydrogen-bond donors (Lipinski definition) is 1. The van der Waals surface area contributed by atoms with Crippen LogP contribution in [-0.4, -0.2) is 50.5 Å². The lowest BCUT2D eigenvalue weighted by Gasteiger charge is -2.30. The Hall–Kier alpha value is -1.89. The van der Waals surface area contributed by atoms with Crippen LogP contribution in [0, 0.1) is 0 Å². The Morgan fingerprint density at radius 2 is 2.00 bits per heavy atom. The highest BCUT2D eigenvalue weighted by atomic mass is 32.1. The van der Waals surface area contributed by atoms with Crippen LogP contribution in [0.2, 0.25) is 0 Å². The molecule has 0 aliphatic carbocycles. The van der Waals surface area contributed by atoms with Crippen LogP contribution in [-0.2, 0) is 12.5 Å². The van der Waals surface area contributed by atoms with Gasteiger partial charge in [0.2, 0.25) is 0 Å². The molecule has 0 radical (unpaired) electrons. The van der Waals surface area contributed by atoms with E-state index in [9.17, 15) is 4.79 Å². The fourth-order valence-electron chi connectivity index (χ4n) is 2.52. The van der Waals surface area contributed by atoms with Gasteiger partial charge in [-0.05, 0) is 31.6 Å². The first kappa shape index (κ1) is 18.4. The Morgan fingerprint density at radius 3 is 2.54 bits per heavy atom. The van der Waals surface area contributed by atoms with Crippen LogP contribution < -0.4 is 5.32 Å². The molecule has 1 saturated heterocycles. The molecule has 2 heterocycles. The summed E-state index contributed by atoms with van der Waals surface area (Å²) in [5, 5.41) is 11.7. The number of nitrogens with zero attached hydrogens (tertiary/aromatic N) is 4. The van der Waals surface area contributed by atoms with Gasteiger partial charge in [0.15, 0.2) is 5.11 Å². The highest BCUT2D eigenvalue weighted by molar-refractivity contribution is 7.80. The maximum atomic E-state index is 13.0. The molecular weight excluding hydrogens is 322 g/mol. The van der Waals surface area contributed by atoms with Crippen molar-refractivity contribution in [3.8, 4) is 0 Å². The smallest absolute Gasteiger partial charge is 0.290 e. The number of aryl methyl sites for hydroxylation is 1. The van der Waals surface area contributed by atoms with Crippen molar-refractivity contribution in [2.75, 3.05) is 19.6 Å². The van der Waals surface area contributed by atoms with Gasteiger partial charge in [0.1, 0.15) is 5.69 Å². The van der Waals surface area contributed by atoms with Gasteiger partial charge in [0.25, 0.3) is 5.91 Å². The quantitative estimate of drug-likeness (QED) is 0.670. The minimum absolute atomic E-state index is 0.0718. The first-order valence-electron chi connectivity index (χ1n) is 8.17. The molecule has 1 amide bonds. The van der Waals surface area contributed by atoms with E-state index in [2.05, 4.69) is 37.8 Å². The van der Waals surface area contributed by atoms with E-state index in [1.807, 2.05) is 18.0 Å². The van der Waals surface area contributed by atoms with Gasteiger partial charge in [-0.1, -0.05) is 32.9 Å². The van der Waals surface area contributed by atoms with Crippen molar-refractivity contribution >= 4 is 23.2 Å². The molecule has 0 saturated carbocycles. The van der Waals surface area contributed by atoms with Gasteiger partial charge in [0, 0.05) is 32.1 Å². The summed E-state index contributed by atoms with van der Waals surface area (Å²) >= 11 is 5.43. The molecule has 0 unspecified atom stereocenters. The van der Waals surface area contributed by atoms with Crippen LogP contribution in [0.5, 0.6) is 0 Å². The van der Waals surface area contributed by atoms with E-state index in [4.69, 9.17) is 12.2 Å². The van der Waals surface area contributed by atoms with Gasteiger partial charge in [0.05, 0.1) is 5.69 Å². The molecule has 1 fully saturated rings. The average Bonchev–Trinajstić information content (AvgIpc) is 3.09. The van der Waals surface area contributed by atoms with Crippen LogP contribution in [0.15, 0.2) is 18.2 Å². The maximum absolute atomic E-state index is 13.0. The van der Waals surface area contributed by atoms with Crippen LogP contribution >= 0.6 is 12.2 Å². The van der Waals surface area contributed by atoms with Gasteiger partial charge >= 0.3 is 0 Å². The van der Waals surface area contributed by atoms with E-state index < -0.39 is 0 Å². The summed E-state index contributed by atoms with van der Waals surface area (Å²) in [5.41, 5.74) is 2.38. The van der Waals surface area contributed by atoms with Crippen LogP contribution in [0.3, 0.4) is 0 Å². The first-order chi connectivity index (χ1) is 11.1. The second-order valence-corrected chi connectivity index (χ2v) is 7.70. The fourth-order valence-corrected chi connectivity index (χ4v) is 2.78. The molecule has 1 N–H and O–H groups in total. The Morgan fingerprint density at radius 1 is 1.38 bits per heavy atom. The lowest BCUT2D eigenvalue weighted by molar-refractivity contribution is 0.0481. The van der Waals surface area contributed by atoms with Crippen molar-refractivity contribution in [2.45, 2.75) is 39.5 Å². The summed E-state index contributed by atoms with van der Waals surface area (Å²) in [7, 11) is 1.81. The van der Waals surface area contributed by atoms with E-state index in [1.165, 1.54) is 0 Å². The number of rotatable bonds is 3. The molecule has 132 valence electrons. The third-order valence-electron chi connectivity index (χ3n) is 3.91. The SMILES string of the molecule is C=C(C)CNC(=S)N1CCCN1C(=O)c1cc(C(C)(C)C)nn1C. The standard InChI is InChI=1S/C17H27N5OS/c1-12(2)11-18-16(24)22-9-7-8-21(22)15(23)13-10-14(17(3,4)5)19-20(13)6/h10H,1,7-9,11H2,2-6H3,(H,18,24). The van der Waals surface area contributed by atoms with Crippen molar-refractivity contribution in [3.05, 3.63) is 29.6 Å². The maximum Gasteiger partial charge on any atom is 0.290 e. The number of thiocarbonyl (C=S) groups is 1. The molecule has 1 aromatic heterocycles. The number of hydrazine groups is 1. The molecule has 7 heteroatoms. The molecule has 1 aliphatic rings. The summed E-state index contributed by atoms with van der Waals surface area (Å²) < 4.78 is 1.66. The number of amides is 1. The van der Waals surface area contributed by atoms with E-state index >= 15 is 0 Å². The summed E-state index contributed by atoms with van der Waals surface area (Å²) in [6, 6.07) is 1.88. The average molecular weight is 350 g/mol. The van der Waals surface area contributed by atoms with Crippen molar-refractivity contribution in [1.29, 1.82) is 0 Å². The summed E-state index contributed by atoms with van der Waals surface area (Å²) in [4.78, 5) is 13.0. The Balaban J connectivity index is 2.18. The molecule has 1 aliphatic heterocycles. The molecule has 6 nitrogen and oxygen atoms in total. The van der Waals surface area contributed by atoms with Crippen LogP contribution in [0.4, 0.5) is 0 Å². The Bertz CT molecular complexity index is 658. The number of carbonyl (C=O) groups excluding carboxylic acids is 1. The van der Waals surface area contributed by atoms with E-state index in [0.29, 0.717) is 23.9 Å². The van der Waals surface area contributed by atoms with Gasteiger partial charge in [-0.2, -0.15) is 5.10 Å². The second kappa shape index (κ2) is 6.93. The minimum atomic E-state index is -0.0979. The number of aromatic nitrogens is 2. The molecular formula is C17H27N5OS. The van der Waals surface area contributed by atoms with Gasteiger partial charge in [-0.25, -0.2) is 5.01 Å². The molecule has 1 aromatic rings. The fraction of sp³-hybridized carbons (Fsp3) is 0.588. The largest absolute Gasteiger partial charge is 0.357 e. The summed E-state index contributed by atoms with van der Waals surface area (Å²) in [6.07, 6.45) is 0.893. The molecule has 0 spiro atoms. The van der Waals surface area contributed by atoms with Crippen LogP contribution in [0.1, 0.15) is 50.3 Å². The highest BCUT2D eigenvalue weighted by Gasteiger charge is 2.32. The molecule has 0 bridgehead atoms. The van der Waals surface area contributed by atoms with Crippen LogP contribution in [0.25, 0.3) is 0 Å². The number of nitrogens with one attached hydrogen (secondary N) is 1. The zero-order valence-electron chi connectivity index (χ0n) is 15.2. The molecule has 0 aromatic carbocycles. The lowest BCUT2D eigenvalue weighted by atomic mass is 9.92. The minimum Gasteiger partial charge on any atom is -0.357 e. The first-order valence-corrected chi connectivity index (χ1v) is 8.58. The van der Waals surface area contributed by atoms with Crippen molar-refractivity contribution in [3.63, 3.8) is 0 Å². The summed E-state index contributed by atoms with van der Waals surface area (Å²) in [6.45, 7) is 14.1. The zero-order valence-corrected chi connectivity index (χ0v) is 16.0. The van der Waals surface area contributed by atoms with E-state index in [-0.39, 0.29) is 11.3 Å². The Kier molecular flexibility index (Phi) is 5.32. The molecule has 2 rings (SSSR count). The van der Waals surface area contributed by atoms with Crippen molar-refractivity contribution in [2.24, 2.45) is 7.05 Å². The topological polar surface area (TPSA) is 53.4 Å². The zero-order chi connectivity index (χ0) is 18.1. The monoisotopic (exact) mass is 349 g/mol. The van der Waals surface area contributed by atoms with Crippen molar-refractivity contribution in [1.82, 2.24) is 25.1 Å². The third kappa shape index (κ3) is 3.95. The number of hydrogen-bond acceptors (Lipinski definition) is 3. The summed E-state index contributed by atoms with van der Waals surface area (Å²) in [5.74, 6) is -0.0718. The Labute approximate surface area is 149 Å². The third-order valence-corrected chi connectivity index (χ3v) is 4.26. The number of carbonyl (C=O) groups is 1. The van der Waals surface area contributed by atoms with Gasteiger partial charge < -0.3 is 5.32 Å².